The summed E-state index contributed by atoms with van der Waals surface area (Å²) in [6, 6.07) is 15.6. The third-order valence-corrected chi connectivity index (χ3v) is 10.8. The Labute approximate surface area is 262 Å². The molecule has 5 rings (SSSR count). The van der Waals surface area contributed by atoms with E-state index in [1.807, 2.05) is 0 Å². The van der Waals surface area contributed by atoms with Gasteiger partial charge in [0.25, 0.3) is 0 Å². The van der Waals surface area contributed by atoms with Gasteiger partial charge < -0.3 is 21.1 Å². The zero-order valence-corrected chi connectivity index (χ0v) is 25.8. The number of rotatable bonds is 10. The van der Waals surface area contributed by atoms with E-state index in [2.05, 4.69) is 10.6 Å². The van der Waals surface area contributed by atoms with Crippen LogP contribution in [0.4, 0.5) is 14.5 Å². The van der Waals surface area contributed by atoms with E-state index in [4.69, 9.17) is 22.1 Å². The van der Waals surface area contributed by atoms with Gasteiger partial charge in [0.05, 0.1) is 16.0 Å². The molecule has 12 heteroatoms. The van der Waals surface area contributed by atoms with Crippen molar-refractivity contribution in [3.8, 4) is 0 Å². The number of ether oxygens (including phenoxy) is 1. The fourth-order valence-electron chi connectivity index (χ4n) is 6.22. The quantitative estimate of drug-likeness (QED) is 0.295. The Balaban J connectivity index is 1.35. The van der Waals surface area contributed by atoms with Crippen LogP contribution < -0.4 is 16.4 Å². The number of nitrogens with one attached hydrogen (secondary N) is 2. The van der Waals surface area contributed by atoms with Crippen molar-refractivity contribution in [2.24, 2.45) is 11.7 Å². The summed E-state index contributed by atoms with van der Waals surface area (Å²) < 4.78 is 63.5. The maximum atomic E-state index is 15.3. The van der Waals surface area contributed by atoms with Gasteiger partial charge in [0.2, 0.25) is 15.9 Å². The number of hydrogen-bond donors (Lipinski definition) is 3. The lowest BCUT2D eigenvalue weighted by Gasteiger charge is -2.35. The van der Waals surface area contributed by atoms with E-state index in [0.29, 0.717) is 51.1 Å². The zero-order valence-electron chi connectivity index (χ0n) is 24.2. The fourth-order valence-corrected chi connectivity index (χ4v) is 8.01. The van der Waals surface area contributed by atoms with Crippen LogP contribution in [-0.4, -0.2) is 63.6 Å². The SMILES string of the molecule is NC(C(=O)Nc1cccc(F)c1CCC1CNCCN1S(=O)(=O)c1ccccc1)C(c1ccc(Cl)c(F)c1)C1CCOCC1. The van der Waals surface area contributed by atoms with Crippen molar-refractivity contribution >= 4 is 33.2 Å². The van der Waals surface area contributed by atoms with Crippen LogP contribution in [0.25, 0.3) is 0 Å². The summed E-state index contributed by atoms with van der Waals surface area (Å²) >= 11 is 5.92. The van der Waals surface area contributed by atoms with E-state index in [-0.39, 0.29) is 40.1 Å². The van der Waals surface area contributed by atoms with Crippen LogP contribution in [0.15, 0.2) is 71.6 Å². The minimum Gasteiger partial charge on any atom is -0.381 e. The first-order valence-corrected chi connectivity index (χ1v) is 16.6. The molecule has 0 bridgehead atoms. The molecular formula is C32H37ClF2N4O4S. The number of nitrogens with zero attached hydrogens (tertiary/aromatic N) is 1. The molecule has 0 aromatic heterocycles. The van der Waals surface area contributed by atoms with Crippen LogP contribution in [0.5, 0.6) is 0 Å². The van der Waals surface area contributed by atoms with Gasteiger partial charge in [-0.05, 0) is 73.6 Å². The van der Waals surface area contributed by atoms with Crippen molar-refractivity contribution in [1.29, 1.82) is 0 Å². The Kier molecular flexibility index (Phi) is 10.7. The molecule has 3 unspecified atom stereocenters. The number of sulfonamides is 1. The van der Waals surface area contributed by atoms with Crippen LogP contribution in [0, 0.1) is 17.6 Å². The first-order valence-electron chi connectivity index (χ1n) is 14.8. The third kappa shape index (κ3) is 7.30. The molecule has 2 heterocycles. The smallest absolute Gasteiger partial charge is 0.243 e. The second-order valence-corrected chi connectivity index (χ2v) is 13.6. The number of piperazine rings is 1. The second-order valence-electron chi connectivity index (χ2n) is 11.3. The van der Waals surface area contributed by atoms with Crippen LogP contribution in [0.2, 0.25) is 5.02 Å². The third-order valence-electron chi connectivity index (χ3n) is 8.54. The Morgan fingerprint density at radius 3 is 2.55 bits per heavy atom. The maximum Gasteiger partial charge on any atom is 0.243 e. The number of hydrogen-bond acceptors (Lipinski definition) is 6. The van der Waals surface area contributed by atoms with E-state index in [9.17, 15) is 17.6 Å². The number of anilines is 1. The lowest BCUT2D eigenvalue weighted by Crippen LogP contribution is -2.53. The molecule has 0 aliphatic carbocycles. The predicted molar refractivity (Wildman–Crippen MR) is 166 cm³/mol. The van der Waals surface area contributed by atoms with E-state index in [0.717, 1.165) is 0 Å². The molecule has 2 aliphatic heterocycles. The minimum atomic E-state index is -3.75. The highest BCUT2D eigenvalue weighted by Gasteiger charge is 2.36. The van der Waals surface area contributed by atoms with Crippen LogP contribution in [-0.2, 0) is 26.0 Å². The topological polar surface area (TPSA) is 114 Å². The van der Waals surface area contributed by atoms with Crippen molar-refractivity contribution in [2.75, 3.05) is 38.2 Å². The average Bonchev–Trinajstić information content (AvgIpc) is 3.03. The molecule has 2 aliphatic rings. The summed E-state index contributed by atoms with van der Waals surface area (Å²) in [6.45, 7) is 2.22. The number of benzene rings is 3. The summed E-state index contributed by atoms with van der Waals surface area (Å²) in [5.74, 6) is -2.20. The molecule has 2 saturated heterocycles. The van der Waals surface area contributed by atoms with Gasteiger partial charge in [-0.25, -0.2) is 17.2 Å². The van der Waals surface area contributed by atoms with Crippen LogP contribution >= 0.6 is 11.6 Å². The molecular weight excluding hydrogens is 610 g/mol. The van der Waals surface area contributed by atoms with Crippen molar-refractivity contribution in [3.63, 3.8) is 0 Å². The highest BCUT2D eigenvalue weighted by molar-refractivity contribution is 7.89. The van der Waals surface area contributed by atoms with Crippen molar-refractivity contribution in [3.05, 3.63) is 94.5 Å². The number of carbonyl (C=O) groups is 1. The van der Waals surface area contributed by atoms with E-state index < -0.39 is 45.6 Å². The van der Waals surface area contributed by atoms with Crippen LogP contribution in [0.1, 0.15) is 36.3 Å². The van der Waals surface area contributed by atoms with Gasteiger partial charge in [-0.1, -0.05) is 41.9 Å². The van der Waals surface area contributed by atoms with Gasteiger partial charge in [-0.2, -0.15) is 4.31 Å². The van der Waals surface area contributed by atoms with Gasteiger partial charge >= 0.3 is 0 Å². The van der Waals surface area contributed by atoms with Crippen LogP contribution in [0.3, 0.4) is 0 Å². The number of amides is 1. The fraction of sp³-hybridized carbons (Fsp3) is 0.406. The maximum absolute atomic E-state index is 15.3. The molecule has 3 aromatic carbocycles. The largest absolute Gasteiger partial charge is 0.381 e. The molecule has 1 amide bonds. The monoisotopic (exact) mass is 646 g/mol. The molecule has 4 N–H and O–H groups in total. The normalized spacial score (nSPS) is 19.8. The average molecular weight is 647 g/mol. The van der Waals surface area contributed by atoms with Gasteiger partial charge in [-0.15, -0.1) is 0 Å². The molecule has 2 fully saturated rings. The lowest BCUT2D eigenvalue weighted by molar-refractivity contribution is -0.118. The van der Waals surface area contributed by atoms with Crippen molar-refractivity contribution in [2.45, 2.75) is 48.6 Å². The van der Waals surface area contributed by atoms with Gasteiger partial charge in [0.1, 0.15) is 11.6 Å². The summed E-state index contributed by atoms with van der Waals surface area (Å²) in [7, 11) is -3.75. The first kappa shape index (κ1) is 32.5. The summed E-state index contributed by atoms with van der Waals surface area (Å²) in [6.07, 6.45) is 1.80. The minimum absolute atomic E-state index is 0.0230. The second kappa shape index (κ2) is 14.4. The molecule has 3 atom stereocenters. The van der Waals surface area contributed by atoms with E-state index >= 15 is 4.39 Å². The highest BCUT2D eigenvalue weighted by atomic mass is 35.5. The van der Waals surface area contributed by atoms with E-state index in [1.165, 1.54) is 28.6 Å². The molecule has 0 spiro atoms. The summed E-state index contributed by atoms with van der Waals surface area (Å²) in [4.78, 5) is 13.8. The predicted octanol–water partition coefficient (Wildman–Crippen LogP) is 4.69. The molecule has 236 valence electrons. The standard InChI is InChI=1S/C32H37ClF2N4O4S/c33-26-12-9-22(19-28(26)35)30(21-13-17-43-18-14-21)31(36)32(40)38-29-8-4-7-27(34)25(29)11-10-23-20-37-15-16-39(23)44(41,42)24-5-2-1-3-6-24/h1-9,12,19,21,23,30-31,37H,10-11,13-18,20,36H2,(H,38,40). The number of halogens is 3. The molecule has 0 saturated carbocycles. The summed E-state index contributed by atoms with van der Waals surface area (Å²) in [5, 5.41) is 6.03. The highest BCUT2D eigenvalue weighted by Crippen LogP contribution is 2.36. The van der Waals surface area contributed by atoms with Crippen molar-refractivity contribution in [1.82, 2.24) is 9.62 Å². The molecule has 8 nitrogen and oxygen atoms in total. The number of carbonyl (C=O) groups excluding carboxylic acids is 1. The summed E-state index contributed by atoms with van der Waals surface area (Å²) in [5.41, 5.74) is 7.66. The molecule has 44 heavy (non-hydrogen) atoms. The van der Waals surface area contributed by atoms with Gasteiger partial charge in [-0.3, -0.25) is 4.79 Å². The Morgan fingerprint density at radius 2 is 1.82 bits per heavy atom. The van der Waals surface area contributed by atoms with Gasteiger partial charge in [0, 0.05) is 56.1 Å². The molecule has 0 radical (unpaired) electrons. The molecule has 3 aromatic rings. The Morgan fingerprint density at radius 1 is 1.07 bits per heavy atom. The zero-order chi connectivity index (χ0) is 31.3. The Hall–Kier alpha value is -2.93. The Bertz CT molecular complexity index is 1560. The van der Waals surface area contributed by atoms with Crippen molar-refractivity contribution < 1.29 is 26.7 Å². The first-order chi connectivity index (χ1) is 21.2. The van der Waals surface area contributed by atoms with E-state index in [1.54, 1.807) is 42.5 Å². The number of nitrogens with two attached hydrogens (primary N) is 1. The lowest BCUT2D eigenvalue weighted by atomic mass is 9.76. The van der Waals surface area contributed by atoms with Gasteiger partial charge in [0.15, 0.2) is 0 Å².